The Bertz CT molecular complexity index is 1410. The third kappa shape index (κ3) is 9.55. The third-order valence-electron chi connectivity index (χ3n) is 7.82. The molecule has 0 radical (unpaired) electrons. The van der Waals surface area contributed by atoms with Crippen LogP contribution < -0.4 is 27.4 Å². The summed E-state index contributed by atoms with van der Waals surface area (Å²) in [4.78, 5) is 55.5. The average Bonchev–Trinajstić information content (AvgIpc) is 3.42. The smallest absolute Gasteiger partial charge is 0.326 e. The van der Waals surface area contributed by atoms with Gasteiger partial charge in [0.25, 0.3) is 0 Å². The van der Waals surface area contributed by atoms with Crippen LogP contribution in [0.2, 0.25) is 0 Å². The van der Waals surface area contributed by atoms with E-state index in [4.69, 9.17) is 11.5 Å². The van der Waals surface area contributed by atoms with Crippen LogP contribution in [0.25, 0.3) is 10.9 Å². The molecular weight excluding hydrogens is 564 g/mol. The van der Waals surface area contributed by atoms with Gasteiger partial charge < -0.3 is 42.6 Å². The summed E-state index contributed by atoms with van der Waals surface area (Å²) in [7, 11) is 0. The van der Waals surface area contributed by atoms with Gasteiger partial charge in [-0.3, -0.25) is 14.4 Å². The summed E-state index contributed by atoms with van der Waals surface area (Å²) < 4.78 is 0. The van der Waals surface area contributed by atoms with Gasteiger partial charge in [-0.05, 0) is 67.5 Å². The number of carbonyl (C=O) groups excluding carboxylic acids is 3. The fraction of sp³-hybridized carbons (Fsp3) is 0.438. The number of phenols is 1. The van der Waals surface area contributed by atoms with Crippen molar-refractivity contribution >= 4 is 34.6 Å². The Morgan fingerprint density at radius 3 is 2.23 bits per heavy atom. The van der Waals surface area contributed by atoms with E-state index in [0.29, 0.717) is 25.8 Å². The van der Waals surface area contributed by atoms with Gasteiger partial charge in [-0.25, -0.2) is 4.79 Å². The zero-order valence-electron chi connectivity index (χ0n) is 25.2. The minimum Gasteiger partial charge on any atom is -0.508 e. The number of hydrogen-bond donors (Lipinski definition) is 8. The van der Waals surface area contributed by atoms with Crippen molar-refractivity contribution in [2.75, 3.05) is 6.54 Å². The average molecular weight is 609 g/mol. The highest BCUT2D eigenvalue weighted by Crippen LogP contribution is 2.20. The fourth-order valence-corrected chi connectivity index (χ4v) is 4.95. The zero-order chi connectivity index (χ0) is 32.2. The molecule has 0 saturated heterocycles. The molecule has 3 aromatic rings. The number of phenolic OH excluding ortho intramolecular Hbond substituents is 1. The van der Waals surface area contributed by atoms with Crippen molar-refractivity contribution in [3.05, 3.63) is 65.9 Å². The van der Waals surface area contributed by atoms with Gasteiger partial charge in [0.2, 0.25) is 17.7 Å². The third-order valence-corrected chi connectivity index (χ3v) is 7.82. The number of para-hydroxylation sites is 1. The van der Waals surface area contributed by atoms with E-state index in [1.807, 2.05) is 38.1 Å². The number of amides is 3. The van der Waals surface area contributed by atoms with E-state index in [-0.39, 0.29) is 30.9 Å². The van der Waals surface area contributed by atoms with E-state index in [1.54, 1.807) is 18.3 Å². The monoisotopic (exact) mass is 608 g/mol. The molecule has 0 bridgehead atoms. The number of nitrogens with one attached hydrogen (secondary N) is 4. The molecule has 0 aliphatic carbocycles. The van der Waals surface area contributed by atoms with Crippen molar-refractivity contribution < 1.29 is 29.4 Å². The number of unbranched alkanes of at least 4 members (excludes halogenated alkanes) is 1. The zero-order valence-corrected chi connectivity index (χ0v) is 25.2. The normalized spacial score (nSPS) is 14.6. The number of carboxylic acid groups (broad SMARTS) is 1. The first-order chi connectivity index (χ1) is 21.0. The molecule has 0 spiro atoms. The number of hydrogen-bond acceptors (Lipinski definition) is 7. The second kappa shape index (κ2) is 16.4. The number of nitrogens with two attached hydrogens (primary N) is 2. The maximum absolute atomic E-state index is 13.7. The first kappa shape index (κ1) is 34.1. The fourth-order valence-electron chi connectivity index (χ4n) is 4.95. The molecule has 0 saturated carbocycles. The Kier molecular flexibility index (Phi) is 12.7. The molecule has 5 unspecified atom stereocenters. The first-order valence-electron chi connectivity index (χ1n) is 15.0. The van der Waals surface area contributed by atoms with Crippen LogP contribution >= 0.6 is 0 Å². The number of H-pyrrole nitrogens is 1. The Morgan fingerprint density at radius 2 is 1.57 bits per heavy atom. The van der Waals surface area contributed by atoms with E-state index in [2.05, 4.69) is 20.9 Å². The summed E-state index contributed by atoms with van der Waals surface area (Å²) in [5.74, 6) is -3.17. The number of aliphatic carboxylic acids is 1. The minimum absolute atomic E-state index is 0.0816. The highest BCUT2D eigenvalue weighted by atomic mass is 16.4. The second-order valence-corrected chi connectivity index (χ2v) is 11.2. The second-order valence-electron chi connectivity index (χ2n) is 11.2. The van der Waals surface area contributed by atoms with Gasteiger partial charge >= 0.3 is 5.97 Å². The topological polar surface area (TPSA) is 213 Å². The van der Waals surface area contributed by atoms with Gasteiger partial charge in [0, 0.05) is 23.5 Å². The SMILES string of the molecule is CCC(C)C(NC(=O)C(N)Cc1ccc(O)cc1)C(=O)NC(Cc1c[nH]c2ccccc12)C(=O)NC(CCCCN)C(=O)O. The summed E-state index contributed by atoms with van der Waals surface area (Å²) in [5.41, 5.74) is 14.1. The van der Waals surface area contributed by atoms with Crippen LogP contribution in [0.5, 0.6) is 5.75 Å². The highest BCUT2D eigenvalue weighted by Gasteiger charge is 2.33. The Labute approximate surface area is 257 Å². The van der Waals surface area contributed by atoms with E-state index in [9.17, 15) is 29.4 Å². The minimum atomic E-state index is -1.18. The molecule has 10 N–H and O–H groups in total. The van der Waals surface area contributed by atoms with Crippen LogP contribution in [-0.2, 0) is 32.0 Å². The van der Waals surface area contributed by atoms with Crippen molar-refractivity contribution in [2.24, 2.45) is 17.4 Å². The maximum Gasteiger partial charge on any atom is 0.326 e. The molecule has 5 atom stereocenters. The molecule has 44 heavy (non-hydrogen) atoms. The van der Waals surface area contributed by atoms with Crippen LogP contribution in [0, 0.1) is 5.92 Å². The van der Waals surface area contributed by atoms with Crippen LogP contribution in [0.4, 0.5) is 0 Å². The summed E-state index contributed by atoms with van der Waals surface area (Å²) in [6.45, 7) is 4.09. The van der Waals surface area contributed by atoms with Gasteiger partial charge in [-0.2, -0.15) is 0 Å². The molecule has 1 aromatic heterocycles. The van der Waals surface area contributed by atoms with Gasteiger partial charge in [-0.15, -0.1) is 0 Å². The summed E-state index contributed by atoms with van der Waals surface area (Å²) in [5, 5.41) is 28.2. The number of benzene rings is 2. The Morgan fingerprint density at radius 1 is 0.886 bits per heavy atom. The summed E-state index contributed by atoms with van der Waals surface area (Å²) >= 11 is 0. The maximum atomic E-state index is 13.7. The van der Waals surface area contributed by atoms with E-state index < -0.39 is 47.9 Å². The molecule has 0 aliphatic rings. The van der Waals surface area contributed by atoms with Gasteiger partial charge in [0.15, 0.2) is 0 Å². The van der Waals surface area contributed by atoms with Gasteiger partial charge in [-0.1, -0.05) is 50.6 Å². The number of rotatable bonds is 17. The molecule has 2 aromatic carbocycles. The van der Waals surface area contributed by atoms with Crippen molar-refractivity contribution in [3.8, 4) is 5.75 Å². The molecule has 0 fully saturated rings. The Hall–Kier alpha value is -4.42. The van der Waals surface area contributed by atoms with Crippen LogP contribution in [0.3, 0.4) is 0 Å². The molecule has 12 heteroatoms. The molecule has 3 rings (SSSR count). The quantitative estimate of drug-likeness (QED) is 0.105. The van der Waals surface area contributed by atoms with Crippen molar-refractivity contribution in [3.63, 3.8) is 0 Å². The number of aromatic hydroxyl groups is 1. The lowest BCUT2D eigenvalue weighted by molar-refractivity contribution is -0.142. The van der Waals surface area contributed by atoms with E-state index in [1.165, 1.54) is 12.1 Å². The number of carbonyl (C=O) groups is 4. The van der Waals surface area contributed by atoms with Crippen molar-refractivity contribution in [1.82, 2.24) is 20.9 Å². The summed E-state index contributed by atoms with van der Waals surface area (Å²) in [6, 6.07) is 9.59. The number of carboxylic acids is 1. The highest BCUT2D eigenvalue weighted by molar-refractivity contribution is 5.95. The lowest BCUT2D eigenvalue weighted by atomic mass is 9.96. The van der Waals surface area contributed by atoms with Crippen LogP contribution in [-0.4, -0.2) is 69.6 Å². The Balaban J connectivity index is 1.81. The van der Waals surface area contributed by atoms with Crippen LogP contribution in [0.1, 0.15) is 50.7 Å². The lowest BCUT2D eigenvalue weighted by Gasteiger charge is -2.28. The number of fused-ring (bicyclic) bond motifs is 1. The molecule has 3 amide bonds. The van der Waals surface area contributed by atoms with Crippen molar-refractivity contribution in [2.45, 2.75) is 76.5 Å². The van der Waals surface area contributed by atoms with Crippen LogP contribution in [0.15, 0.2) is 54.7 Å². The predicted molar refractivity (Wildman–Crippen MR) is 168 cm³/mol. The molecule has 238 valence electrons. The molecule has 1 heterocycles. The molecule has 12 nitrogen and oxygen atoms in total. The van der Waals surface area contributed by atoms with Gasteiger partial charge in [0.1, 0.15) is 23.9 Å². The lowest BCUT2D eigenvalue weighted by Crippen LogP contribution is -2.59. The number of aromatic amines is 1. The molecular formula is C32H44N6O6. The predicted octanol–water partition coefficient (Wildman–Crippen LogP) is 1.70. The number of aromatic nitrogens is 1. The van der Waals surface area contributed by atoms with Gasteiger partial charge in [0.05, 0.1) is 6.04 Å². The first-order valence-corrected chi connectivity index (χ1v) is 15.0. The standard InChI is InChI=1S/C32H44N6O6/c1-3-19(2)28(38-29(40)24(34)16-20-11-13-22(39)14-12-20)31(42)37-27(17-21-18-35-25-9-5-4-8-23(21)25)30(41)36-26(32(43)44)10-6-7-15-33/h4-5,8-9,11-14,18-19,24,26-28,35,39H,3,6-7,10,15-17,33-34H2,1-2H3,(H,36,41)(H,37,42)(H,38,40)(H,43,44). The van der Waals surface area contributed by atoms with E-state index in [0.717, 1.165) is 22.0 Å². The molecule has 0 aliphatic heterocycles. The largest absolute Gasteiger partial charge is 0.508 e. The summed E-state index contributed by atoms with van der Waals surface area (Å²) in [6.07, 6.45) is 3.89. The van der Waals surface area contributed by atoms with E-state index >= 15 is 0 Å². The van der Waals surface area contributed by atoms with Crippen molar-refractivity contribution in [1.29, 1.82) is 0 Å².